The Morgan fingerprint density at radius 3 is 2.57 bits per heavy atom. The molecule has 0 aromatic heterocycles. The molecule has 1 heterocycles. The highest BCUT2D eigenvalue weighted by Crippen LogP contribution is 2.49. The highest BCUT2D eigenvalue weighted by atomic mass is 16.6. The molecule has 2 aliphatic rings. The van der Waals surface area contributed by atoms with Crippen LogP contribution in [0.15, 0.2) is 0 Å². The number of esters is 1. The van der Waals surface area contributed by atoms with Crippen molar-refractivity contribution in [3.8, 4) is 0 Å². The molecule has 2 fully saturated rings. The molecule has 0 unspecified atom stereocenters. The molecule has 2 nitrogen and oxygen atoms in total. The second-order valence-electron chi connectivity index (χ2n) is 5.45. The lowest BCUT2D eigenvalue weighted by Crippen LogP contribution is -2.57. The molecule has 2 rings (SSSR count). The molecule has 1 saturated carbocycles. The summed E-state index contributed by atoms with van der Waals surface area (Å²) in [6.45, 7) is 6.76. The minimum Gasteiger partial charge on any atom is -0.458 e. The average Bonchev–Trinajstić information content (AvgIpc) is 2.00. The molecule has 1 saturated heterocycles. The van der Waals surface area contributed by atoms with Crippen LogP contribution in [-0.2, 0) is 9.53 Å². The predicted octanol–water partition coefficient (Wildman–Crippen LogP) is 2.76. The normalized spacial score (nSPS) is 42.4. The Kier molecular flexibility index (Phi) is 2.32. The summed E-state index contributed by atoms with van der Waals surface area (Å²) < 4.78 is 5.47. The number of hydrogen-bond acceptors (Lipinski definition) is 2. The first kappa shape index (κ1) is 10.0. The molecule has 14 heavy (non-hydrogen) atoms. The lowest BCUT2D eigenvalue weighted by atomic mass is 9.64. The van der Waals surface area contributed by atoms with Crippen LogP contribution in [0.25, 0.3) is 0 Å². The molecule has 80 valence electrons. The first-order valence-electron chi connectivity index (χ1n) is 5.75. The highest BCUT2D eigenvalue weighted by Gasteiger charge is 2.54. The van der Waals surface area contributed by atoms with Gasteiger partial charge in [0.25, 0.3) is 0 Å². The molecule has 0 radical (unpaired) electrons. The number of carbonyl (C=O) groups is 1. The third-order valence-corrected chi connectivity index (χ3v) is 3.91. The summed E-state index contributed by atoms with van der Waals surface area (Å²) in [7, 11) is 0. The molecule has 0 bridgehead atoms. The first-order chi connectivity index (χ1) is 6.53. The van der Waals surface area contributed by atoms with Crippen molar-refractivity contribution in [1.29, 1.82) is 0 Å². The number of rotatable bonds is 1. The standard InChI is InChI=1S/C12H20O2/c1-8(2)10-5-4-9(3)6-12(10)7-11(13)14-12/h8-10H,4-7H2,1-3H3/t9-,10+,12+/m0/s1. The fraction of sp³-hybridized carbons (Fsp3) is 0.917. The first-order valence-corrected chi connectivity index (χ1v) is 5.75. The summed E-state index contributed by atoms with van der Waals surface area (Å²) >= 11 is 0. The molecule has 0 amide bonds. The van der Waals surface area contributed by atoms with Crippen molar-refractivity contribution < 1.29 is 9.53 Å². The Labute approximate surface area is 86.0 Å². The van der Waals surface area contributed by atoms with E-state index in [4.69, 9.17) is 4.74 Å². The van der Waals surface area contributed by atoms with E-state index in [2.05, 4.69) is 20.8 Å². The molecule has 1 aliphatic heterocycles. The van der Waals surface area contributed by atoms with Gasteiger partial charge in [-0.05, 0) is 24.7 Å². The van der Waals surface area contributed by atoms with Crippen LogP contribution >= 0.6 is 0 Å². The molecule has 0 N–H and O–H groups in total. The van der Waals surface area contributed by atoms with Gasteiger partial charge in [0.2, 0.25) is 0 Å². The van der Waals surface area contributed by atoms with Crippen molar-refractivity contribution in [2.24, 2.45) is 17.8 Å². The SMILES string of the molecule is CC(C)[C@H]1CC[C@H](C)C[C@@]12CC(=O)O2. The Morgan fingerprint density at radius 2 is 2.07 bits per heavy atom. The summed E-state index contributed by atoms with van der Waals surface area (Å²) in [5.74, 6) is 1.95. The van der Waals surface area contributed by atoms with Crippen molar-refractivity contribution in [1.82, 2.24) is 0 Å². The van der Waals surface area contributed by atoms with Crippen LogP contribution in [0.2, 0.25) is 0 Å². The summed E-state index contributed by atoms with van der Waals surface area (Å²) in [5.41, 5.74) is -0.0666. The third kappa shape index (κ3) is 1.45. The van der Waals surface area contributed by atoms with Gasteiger partial charge in [0.05, 0.1) is 6.42 Å². The molecular weight excluding hydrogens is 176 g/mol. The minimum absolute atomic E-state index is 0.00440. The van der Waals surface area contributed by atoms with Crippen LogP contribution in [-0.4, -0.2) is 11.6 Å². The van der Waals surface area contributed by atoms with Gasteiger partial charge < -0.3 is 4.74 Å². The molecule has 0 aromatic rings. The van der Waals surface area contributed by atoms with E-state index in [1.165, 1.54) is 12.8 Å². The third-order valence-electron chi connectivity index (χ3n) is 3.91. The minimum atomic E-state index is -0.0666. The van der Waals surface area contributed by atoms with Gasteiger partial charge in [-0.15, -0.1) is 0 Å². The van der Waals surface area contributed by atoms with Crippen LogP contribution in [0.1, 0.15) is 46.5 Å². The van der Waals surface area contributed by atoms with E-state index in [1.54, 1.807) is 0 Å². The molecule has 3 atom stereocenters. The second-order valence-corrected chi connectivity index (χ2v) is 5.45. The lowest BCUT2D eigenvalue weighted by molar-refractivity contribution is -0.217. The van der Waals surface area contributed by atoms with Gasteiger partial charge in [0.1, 0.15) is 5.60 Å². The predicted molar refractivity (Wildman–Crippen MR) is 54.8 cm³/mol. The topological polar surface area (TPSA) is 26.3 Å². The summed E-state index contributed by atoms with van der Waals surface area (Å²) in [6, 6.07) is 0. The zero-order valence-corrected chi connectivity index (χ0v) is 9.38. The van der Waals surface area contributed by atoms with Crippen LogP contribution in [0.3, 0.4) is 0 Å². The zero-order chi connectivity index (χ0) is 10.3. The number of ether oxygens (including phenoxy) is 1. The molecule has 0 aromatic carbocycles. The summed E-state index contributed by atoms with van der Waals surface area (Å²) in [5, 5.41) is 0. The summed E-state index contributed by atoms with van der Waals surface area (Å²) in [6.07, 6.45) is 4.27. The largest absolute Gasteiger partial charge is 0.458 e. The second kappa shape index (κ2) is 3.25. The van der Waals surface area contributed by atoms with Crippen LogP contribution in [0.5, 0.6) is 0 Å². The summed E-state index contributed by atoms with van der Waals surface area (Å²) in [4.78, 5) is 11.0. The van der Waals surface area contributed by atoms with E-state index in [0.717, 1.165) is 12.3 Å². The van der Waals surface area contributed by atoms with E-state index in [9.17, 15) is 4.79 Å². The van der Waals surface area contributed by atoms with E-state index >= 15 is 0 Å². The smallest absolute Gasteiger partial charge is 0.310 e. The maximum Gasteiger partial charge on any atom is 0.310 e. The van der Waals surface area contributed by atoms with E-state index < -0.39 is 0 Å². The van der Waals surface area contributed by atoms with Crippen molar-refractivity contribution in [3.63, 3.8) is 0 Å². The number of hydrogen-bond donors (Lipinski definition) is 0. The molecule has 2 heteroatoms. The Balaban J connectivity index is 2.12. The molecular formula is C12H20O2. The average molecular weight is 196 g/mol. The van der Waals surface area contributed by atoms with Gasteiger partial charge >= 0.3 is 5.97 Å². The van der Waals surface area contributed by atoms with Crippen molar-refractivity contribution in [2.75, 3.05) is 0 Å². The fourth-order valence-electron chi connectivity index (χ4n) is 3.29. The van der Waals surface area contributed by atoms with Crippen molar-refractivity contribution >= 4 is 5.97 Å². The van der Waals surface area contributed by atoms with Crippen LogP contribution in [0, 0.1) is 17.8 Å². The lowest BCUT2D eigenvalue weighted by Gasteiger charge is -2.52. The van der Waals surface area contributed by atoms with Crippen LogP contribution < -0.4 is 0 Å². The maximum absolute atomic E-state index is 11.0. The van der Waals surface area contributed by atoms with Crippen molar-refractivity contribution in [2.45, 2.75) is 52.1 Å². The quantitative estimate of drug-likeness (QED) is 0.603. The molecule has 1 spiro atoms. The van der Waals surface area contributed by atoms with Gasteiger partial charge in [-0.3, -0.25) is 4.79 Å². The Bertz CT molecular complexity index is 237. The van der Waals surface area contributed by atoms with Gasteiger partial charge in [-0.25, -0.2) is 0 Å². The van der Waals surface area contributed by atoms with E-state index in [-0.39, 0.29) is 11.6 Å². The van der Waals surface area contributed by atoms with E-state index in [0.29, 0.717) is 18.3 Å². The monoisotopic (exact) mass is 196 g/mol. The Hall–Kier alpha value is -0.530. The van der Waals surface area contributed by atoms with Crippen molar-refractivity contribution in [3.05, 3.63) is 0 Å². The Morgan fingerprint density at radius 1 is 1.43 bits per heavy atom. The fourth-order valence-corrected chi connectivity index (χ4v) is 3.29. The highest BCUT2D eigenvalue weighted by molar-refractivity contribution is 5.77. The van der Waals surface area contributed by atoms with Gasteiger partial charge in [0.15, 0.2) is 0 Å². The van der Waals surface area contributed by atoms with E-state index in [1.807, 2.05) is 0 Å². The van der Waals surface area contributed by atoms with Crippen LogP contribution in [0.4, 0.5) is 0 Å². The number of carbonyl (C=O) groups excluding carboxylic acids is 1. The van der Waals surface area contributed by atoms with Gasteiger partial charge in [0, 0.05) is 5.92 Å². The maximum atomic E-state index is 11.0. The molecule has 1 aliphatic carbocycles. The zero-order valence-electron chi connectivity index (χ0n) is 9.38. The van der Waals surface area contributed by atoms with Gasteiger partial charge in [-0.2, -0.15) is 0 Å². The van der Waals surface area contributed by atoms with Gasteiger partial charge in [-0.1, -0.05) is 27.2 Å².